The summed E-state index contributed by atoms with van der Waals surface area (Å²) >= 11 is 0. The Balaban J connectivity index is 4.58. The Labute approximate surface area is 106 Å². The van der Waals surface area contributed by atoms with Crippen molar-refractivity contribution in [2.45, 2.75) is 46.1 Å². The number of aliphatic hydroxyl groups is 1. The fourth-order valence-electron chi connectivity index (χ4n) is 1.52. The fourth-order valence-corrected chi connectivity index (χ4v) is 3.08. The number of hydrogen-bond donors (Lipinski definition) is 1. The van der Waals surface area contributed by atoms with Crippen LogP contribution < -0.4 is 0 Å². The highest BCUT2D eigenvalue weighted by molar-refractivity contribution is 7.86. The molecule has 1 atom stereocenters. The van der Waals surface area contributed by atoms with Gasteiger partial charge in [-0.05, 0) is 26.2 Å². The van der Waals surface area contributed by atoms with Gasteiger partial charge in [-0.25, -0.2) is 0 Å². The topological polar surface area (TPSA) is 60.9 Å². The molecule has 0 heterocycles. The Hall–Kier alpha value is -0.170. The standard InChI is InChI=1S/C11H26N2O3S/c1-5-8-13(9-6-2)17(15,16)12(4)10-7-11(3)14/h11,14H,5-10H2,1-4H3. The zero-order chi connectivity index (χ0) is 13.5. The zero-order valence-corrected chi connectivity index (χ0v) is 12.2. The summed E-state index contributed by atoms with van der Waals surface area (Å²) < 4.78 is 27.2. The van der Waals surface area contributed by atoms with Crippen molar-refractivity contribution < 1.29 is 13.5 Å². The first-order chi connectivity index (χ1) is 7.86. The van der Waals surface area contributed by atoms with Crippen LogP contribution in [-0.4, -0.2) is 54.9 Å². The van der Waals surface area contributed by atoms with Crippen LogP contribution in [0.3, 0.4) is 0 Å². The third kappa shape index (κ3) is 5.81. The quantitative estimate of drug-likeness (QED) is 0.679. The first-order valence-corrected chi connectivity index (χ1v) is 7.65. The van der Waals surface area contributed by atoms with E-state index in [2.05, 4.69) is 0 Å². The van der Waals surface area contributed by atoms with Crippen molar-refractivity contribution in [3.05, 3.63) is 0 Å². The van der Waals surface area contributed by atoms with E-state index in [4.69, 9.17) is 0 Å². The maximum Gasteiger partial charge on any atom is 0.281 e. The number of nitrogens with zero attached hydrogens (tertiary/aromatic N) is 2. The summed E-state index contributed by atoms with van der Waals surface area (Å²) in [5.41, 5.74) is 0. The predicted octanol–water partition coefficient (Wildman–Crippen LogP) is 1.06. The Morgan fingerprint density at radius 1 is 1.12 bits per heavy atom. The van der Waals surface area contributed by atoms with Crippen LogP contribution in [0.25, 0.3) is 0 Å². The molecule has 0 aromatic rings. The second-order valence-corrected chi connectivity index (χ2v) is 6.40. The summed E-state index contributed by atoms with van der Waals surface area (Å²) in [6.45, 7) is 7.05. The van der Waals surface area contributed by atoms with E-state index in [0.717, 1.165) is 12.8 Å². The fraction of sp³-hybridized carbons (Fsp3) is 1.00. The maximum absolute atomic E-state index is 12.2. The summed E-state index contributed by atoms with van der Waals surface area (Å²) in [6.07, 6.45) is 1.60. The molecular formula is C11H26N2O3S. The van der Waals surface area contributed by atoms with E-state index in [1.807, 2.05) is 13.8 Å². The Morgan fingerprint density at radius 3 is 1.94 bits per heavy atom. The van der Waals surface area contributed by atoms with Gasteiger partial charge < -0.3 is 5.11 Å². The molecule has 0 spiro atoms. The van der Waals surface area contributed by atoms with Crippen LogP contribution in [0.2, 0.25) is 0 Å². The van der Waals surface area contributed by atoms with E-state index in [1.165, 1.54) is 8.61 Å². The van der Waals surface area contributed by atoms with Gasteiger partial charge in [0.2, 0.25) is 0 Å². The first-order valence-electron chi connectivity index (χ1n) is 6.25. The average molecular weight is 266 g/mol. The van der Waals surface area contributed by atoms with Gasteiger partial charge in [0.1, 0.15) is 0 Å². The largest absolute Gasteiger partial charge is 0.393 e. The Kier molecular flexibility index (Phi) is 7.94. The van der Waals surface area contributed by atoms with Crippen molar-refractivity contribution in [1.82, 2.24) is 8.61 Å². The first kappa shape index (κ1) is 16.8. The van der Waals surface area contributed by atoms with E-state index in [9.17, 15) is 13.5 Å². The van der Waals surface area contributed by atoms with Gasteiger partial charge in [-0.1, -0.05) is 13.8 Å². The van der Waals surface area contributed by atoms with Crippen molar-refractivity contribution in [3.8, 4) is 0 Å². The highest BCUT2D eigenvalue weighted by Crippen LogP contribution is 2.09. The lowest BCUT2D eigenvalue weighted by Gasteiger charge is -2.27. The smallest absolute Gasteiger partial charge is 0.281 e. The molecule has 0 radical (unpaired) electrons. The van der Waals surface area contributed by atoms with Gasteiger partial charge in [0, 0.05) is 26.7 Å². The van der Waals surface area contributed by atoms with E-state index >= 15 is 0 Å². The molecule has 0 saturated carbocycles. The highest BCUT2D eigenvalue weighted by Gasteiger charge is 2.25. The van der Waals surface area contributed by atoms with E-state index in [-0.39, 0.29) is 0 Å². The third-order valence-electron chi connectivity index (χ3n) is 2.53. The number of aliphatic hydroxyl groups excluding tert-OH is 1. The molecule has 0 aliphatic rings. The normalized spacial score (nSPS) is 14.5. The molecular weight excluding hydrogens is 240 g/mol. The van der Waals surface area contributed by atoms with Crippen LogP contribution >= 0.6 is 0 Å². The van der Waals surface area contributed by atoms with Gasteiger partial charge in [0.25, 0.3) is 10.2 Å². The van der Waals surface area contributed by atoms with Crippen molar-refractivity contribution in [2.75, 3.05) is 26.7 Å². The highest BCUT2D eigenvalue weighted by atomic mass is 32.2. The lowest BCUT2D eigenvalue weighted by atomic mass is 10.3. The number of rotatable bonds is 9. The molecule has 0 amide bonds. The SMILES string of the molecule is CCCN(CCC)S(=O)(=O)N(C)CCC(C)O. The van der Waals surface area contributed by atoms with Gasteiger partial charge >= 0.3 is 0 Å². The van der Waals surface area contributed by atoms with E-state index in [1.54, 1.807) is 14.0 Å². The van der Waals surface area contributed by atoms with Crippen molar-refractivity contribution in [1.29, 1.82) is 0 Å². The molecule has 5 nitrogen and oxygen atoms in total. The minimum Gasteiger partial charge on any atom is -0.393 e. The molecule has 1 unspecified atom stereocenters. The average Bonchev–Trinajstić information content (AvgIpc) is 2.25. The van der Waals surface area contributed by atoms with Gasteiger partial charge in [0.05, 0.1) is 6.10 Å². The van der Waals surface area contributed by atoms with Crippen molar-refractivity contribution >= 4 is 10.2 Å². The van der Waals surface area contributed by atoms with Crippen molar-refractivity contribution in [3.63, 3.8) is 0 Å². The molecule has 0 aliphatic carbocycles. The van der Waals surface area contributed by atoms with Crippen molar-refractivity contribution in [2.24, 2.45) is 0 Å². The molecule has 104 valence electrons. The molecule has 0 aromatic heterocycles. The lowest BCUT2D eigenvalue weighted by Crippen LogP contribution is -2.43. The molecule has 0 rings (SSSR count). The van der Waals surface area contributed by atoms with Gasteiger partial charge in [-0.2, -0.15) is 17.0 Å². The Morgan fingerprint density at radius 2 is 1.59 bits per heavy atom. The lowest BCUT2D eigenvalue weighted by molar-refractivity contribution is 0.176. The molecule has 1 N–H and O–H groups in total. The molecule has 17 heavy (non-hydrogen) atoms. The van der Waals surface area contributed by atoms with Crippen LogP contribution in [0.5, 0.6) is 0 Å². The van der Waals surface area contributed by atoms with E-state index < -0.39 is 16.3 Å². The molecule has 0 bridgehead atoms. The number of hydrogen-bond acceptors (Lipinski definition) is 3. The summed E-state index contributed by atoms with van der Waals surface area (Å²) in [4.78, 5) is 0. The summed E-state index contributed by atoms with van der Waals surface area (Å²) in [6, 6.07) is 0. The van der Waals surface area contributed by atoms with E-state index in [0.29, 0.717) is 26.1 Å². The van der Waals surface area contributed by atoms with Crippen LogP contribution in [0, 0.1) is 0 Å². The molecule has 0 aromatic carbocycles. The minimum atomic E-state index is -3.37. The second kappa shape index (κ2) is 8.02. The van der Waals surface area contributed by atoms with Crippen LogP contribution in [0.1, 0.15) is 40.0 Å². The summed E-state index contributed by atoms with van der Waals surface area (Å²) in [5, 5.41) is 9.18. The maximum atomic E-state index is 12.2. The molecule has 0 saturated heterocycles. The zero-order valence-electron chi connectivity index (χ0n) is 11.4. The van der Waals surface area contributed by atoms with Crippen LogP contribution in [0.4, 0.5) is 0 Å². The Bertz CT molecular complexity index is 285. The second-order valence-electron chi connectivity index (χ2n) is 4.37. The predicted molar refractivity (Wildman–Crippen MR) is 70.0 cm³/mol. The van der Waals surface area contributed by atoms with Gasteiger partial charge in [0.15, 0.2) is 0 Å². The summed E-state index contributed by atoms with van der Waals surface area (Å²) in [7, 11) is -1.80. The monoisotopic (exact) mass is 266 g/mol. The minimum absolute atomic E-state index is 0.351. The molecule has 0 fully saturated rings. The summed E-state index contributed by atoms with van der Waals surface area (Å²) in [5.74, 6) is 0. The third-order valence-corrected chi connectivity index (χ3v) is 4.52. The van der Waals surface area contributed by atoms with Crippen LogP contribution in [-0.2, 0) is 10.2 Å². The van der Waals surface area contributed by atoms with Gasteiger partial charge in [-0.15, -0.1) is 0 Å². The van der Waals surface area contributed by atoms with Gasteiger partial charge in [-0.3, -0.25) is 0 Å². The molecule has 6 heteroatoms. The van der Waals surface area contributed by atoms with Crippen LogP contribution in [0.15, 0.2) is 0 Å². The molecule has 0 aliphatic heterocycles.